The summed E-state index contributed by atoms with van der Waals surface area (Å²) in [6.45, 7) is 3.40. The number of aliphatic hydroxyl groups excluding tert-OH is 1. The van der Waals surface area contributed by atoms with Gasteiger partial charge >= 0.3 is 0 Å². The first-order chi connectivity index (χ1) is 10.8. The molecule has 1 saturated heterocycles. The minimum absolute atomic E-state index is 0.0710. The first kappa shape index (κ1) is 17.4. The second-order valence-electron chi connectivity index (χ2n) is 6.11. The number of rotatable bonds is 5. The van der Waals surface area contributed by atoms with E-state index in [0.29, 0.717) is 10.6 Å². The lowest BCUT2D eigenvalue weighted by molar-refractivity contribution is -0.119. The fourth-order valence-electron chi connectivity index (χ4n) is 2.62. The molecule has 3 N–H and O–H groups in total. The summed E-state index contributed by atoms with van der Waals surface area (Å²) in [6.07, 6.45) is -1.48. The van der Waals surface area contributed by atoms with Gasteiger partial charge in [-0.15, -0.1) is 0 Å². The first-order valence-electron chi connectivity index (χ1n) is 7.43. The number of hydroxylamine groups is 2. The van der Waals surface area contributed by atoms with Gasteiger partial charge in [0, 0.05) is 24.4 Å². The van der Waals surface area contributed by atoms with Crippen LogP contribution >= 0.6 is 0 Å². The summed E-state index contributed by atoms with van der Waals surface area (Å²) in [5.41, 5.74) is -0.454. The van der Waals surface area contributed by atoms with Gasteiger partial charge in [0.25, 0.3) is 5.91 Å². The number of benzene rings is 1. The molecule has 0 bridgehead atoms. The smallest absolute Gasteiger partial charge is 0.277 e. The fraction of sp³-hybridized carbons (Fsp3) is 0.500. The summed E-state index contributed by atoms with van der Waals surface area (Å²) in [4.78, 5) is 23.1. The molecule has 3 atom stereocenters. The van der Waals surface area contributed by atoms with Crippen LogP contribution in [0.15, 0.2) is 30.3 Å². The standard InChI is InChI=1S/C16H22N2O5/c1-11(19)17-8-13-14(20)16(2,10-23-13)9-18(22)15(21)12-6-4-3-5-7-12/h3-7,13-14,20,22H,8-10H2,1-2H3,(H,17,19)/t13-,14-,16-/m1/s1. The molecule has 0 aromatic heterocycles. The van der Waals surface area contributed by atoms with Crippen LogP contribution in [0.3, 0.4) is 0 Å². The highest BCUT2D eigenvalue weighted by Crippen LogP contribution is 2.33. The Labute approximate surface area is 134 Å². The van der Waals surface area contributed by atoms with Gasteiger partial charge in [0.15, 0.2) is 0 Å². The zero-order chi connectivity index (χ0) is 17.0. The van der Waals surface area contributed by atoms with Crippen molar-refractivity contribution in [3.05, 3.63) is 35.9 Å². The number of nitrogens with one attached hydrogen (secondary N) is 1. The minimum atomic E-state index is -0.910. The summed E-state index contributed by atoms with van der Waals surface area (Å²) in [5, 5.41) is 23.7. The second-order valence-corrected chi connectivity index (χ2v) is 6.11. The van der Waals surface area contributed by atoms with Crippen LogP contribution in [0.2, 0.25) is 0 Å². The molecule has 1 aromatic rings. The minimum Gasteiger partial charge on any atom is -0.390 e. The number of carbonyl (C=O) groups excluding carboxylic acids is 2. The molecule has 0 aliphatic carbocycles. The summed E-state index contributed by atoms with van der Waals surface area (Å²) in [5.74, 6) is -0.748. The zero-order valence-corrected chi connectivity index (χ0v) is 13.2. The van der Waals surface area contributed by atoms with E-state index in [1.54, 1.807) is 37.3 Å². The van der Waals surface area contributed by atoms with E-state index in [-0.39, 0.29) is 25.6 Å². The maximum absolute atomic E-state index is 12.2. The molecular weight excluding hydrogens is 300 g/mol. The van der Waals surface area contributed by atoms with Gasteiger partial charge in [0.2, 0.25) is 5.91 Å². The van der Waals surface area contributed by atoms with E-state index < -0.39 is 23.5 Å². The lowest BCUT2D eigenvalue weighted by Gasteiger charge is -2.31. The Morgan fingerprint density at radius 3 is 2.65 bits per heavy atom. The van der Waals surface area contributed by atoms with E-state index in [1.807, 2.05) is 0 Å². The molecule has 7 heteroatoms. The number of hydrogen-bond donors (Lipinski definition) is 3. The van der Waals surface area contributed by atoms with Crippen LogP contribution in [0, 0.1) is 5.41 Å². The summed E-state index contributed by atoms with van der Waals surface area (Å²) < 4.78 is 5.50. The zero-order valence-electron chi connectivity index (χ0n) is 13.2. The van der Waals surface area contributed by atoms with Gasteiger partial charge in [-0.3, -0.25) is 14.8 Å². The Hall–Kier alpha value is -1.96. The quantitative estimate of drug-likeness (QED) is 0.539. The number of hydrogen-bond acceptors (Lipinski definition) is 5. The molecule has 2 amide bonds. The highest BCUT2D eigenvalue weighted by molar-refractivity contribution is 5.93. The SMILES string of the molecule is CC(=O)NC[C@H]1OC[C@@](C)(CN(O)C(=O)c2ccccc2)[C@@H]1O. The number of nitrogens with zero attached hydrogens (tertiary/aromatic N) is 1. The van der Waals surface area contributed by atoms with Gasteiger partial charge in [-0.05, 0) is 12.1 Å². The van der Waals surface area contributed by atoms with Gasteiger partial charge in [-0.25, -0.2) is 5.06 Å². The molecule has 7 nitrogen and oxygen atoms in total. The third-order valence-electron chi connectivity index (χ3n) is 4.01. The molecule has 1 fully saturated rings. The summed E-state index contributed by atoms with van der Waals surface area (Å²) >= 11 is 0. The van der Waals surface area contributed by atoms with Crippen LogP contribution in [0.1, 0.15) is 24.2 Å². The number of carbonyl (C=O) groups is 2. The Balaban J connectivity index is 1.98. The molecule has 1 heterocycles. The van der Waals surface area contributed by atoms with Crippen molar-refractivity contribution in [1.82, 2.24) is 10.4 Å². The van der Waals surface area contributed by atoms with E-state index in [2.05, 4.69) is 5.32 Å². The molecule has 1 aromatic carbocycles. The largest absolute Gasteiger partial charge is 0.390 e. The summed E-state index contributed by atoms with van der Waals surface area (Å²) in [7, 11) is 0. The lowest BCUT2D eigenvalue weighted by Crippen LogP contribution is -2.47. The van der Waals surface area contributed by atoms with Crippen molar-refractivity contribution in [2.45, 2.75) is 26.1 Å². The highest BCUT2D eigenvalue weighted by Gasteiger charge is 2.47. The van der Waals surface area contributed by atoms with Gasteiger partial charge in [0.1, 0.15) is 6.10 Å². The van der Waals surface area contributed by atoms with E-state index in [1.165, 1.54) is 6.92 Å². The maximum Gasteiger partial charge on any atom is 0.277 e. The van der Waals surface area contributed by atoms with E-state index in [4.69, 9.17) is 4.74 Å². The fourth-order valence-corrected chi connectivity index (χ4v) is 2.62. The predicted molar refractivity (Wildman–Crippen MR) is 81.8 cm³/mol. The third-order valence-corrected chi connectivity index (χ3v) is 4.01. The summed E-state index contributed by atoms with van der Waals surface area (Å²) in [6, 6.07) is 8.41. The van der Waals surface area contributed by atoms with Gasteiger partial charge in [-0.2, -0.15) is 0 Å². The number of amides is 2. The Morgan fingerprint density at radius 1 is 1.39 bits per heavy atom. The number of aliphatic hydroxyl groups is 1. The van der Waals surface area contributed by atoms with Crippen molar-refractivity contribution in [1.29, 1.82) is 0 Å². The van der Waals surface area contributed by atoms with Crippen molar-refractivity contribution in [2.75, 3.05) is 19.7 Å². The van der Waals surface area contributed by atoms with Crippen molar-refractivity contribution in [3.63, 3.8) is 0 Å². The van der Waals surface area contributed by atoms with Gasteiger partial charge in [-0.1, -0.05) is 25.1 Å². The Kier molecular flexibility index (Phi) is 5.35. The van der Waals surface area contributed by atoms with E-state index in [9.17, 15) is 19.9 Å². The average Bonchev–Trinajstić information content (AvgIpc) is 2.80. The molecule has 0 saturated carbocycles. The van der Waals surface area contributed by atoms with Crippen LogP contribution in [0.4, 0.5) is 0 Å². The molecule has 126 valence electrons. The maximum atomic E-state index is 12.2. The molecule has 0 radical (unpaired) electrons. The molecular formula is C16H22N2O5. The molecule has 23 heavy (non-hydrogen) atoms. The topological polar surface area (TPSA) is 99.1 Å². The molecule has 0 spiro atoms. The highest BCUT2D eigenvalue weighted by atomic mass is 16.5. The van der Waals surface area contributed by atoms with Gasteiger partial charge in [0.05, 0.1) is 19.3 Å². The molecule has 1 aliphatic rings. The number of ether oxygens (including phenoxy) is 1. The lowest BCUT2D eigenvalue weighted by atomic mass is 9.84. The third kappa shape index (κ3) is 4.07. The second kappa shape index (κ2) is 7.08. The van der Waals surface area contributed by atoms with Crippen LogP contribution < -0.4 is 5.32 Å². The molecule has 1 aliphatic heterocycles. The molecule has 0 unspecified atom stereocenters. The van der Waals surface area contributed by atoms with Crippen molar-refractivity contribution in [3.8, 4) is 0 Å². The first-order valence-corrected chi connectivity index (χ1v) is 7.43. The van der Waals surface area contributed by atoms with Crippen molar-refractivity contribution in [2.24, 2.45) is 5.41 Å². The average molecular weight is 322 g/mol. The van der Waals surface area contributed by atoms with Crippen LogP contribution in [-0.2, 0) is 9.53 Å². The predicted octanol–water partition coefficient (Wildman–Crippen LogP) is 0.420. The monoisotopic (exact) mass is 322 g/mol. The Morgan fingerprint density at radius 2 is 2.04 bits per heavy atom. The van der Waals surface area contributed by atoms with Crippen molar-refractivity contribution >= 4 is 11.8 Å². The van der Waals surface area contributed by atoms with Crippen LogP contribution in [0.5, 0.6) is 0 Å². The Bertz CT molecular complexity index is 565. The van der Waals surface area contributed by atoms with Crippen LogP contribution in [-0.4, -0.2) is 59.1 Å². The van der Waals surface area contributed by atoms with E-state index in [0.717, 1.165) is 0 Å². The van der Waals surface area contributed by atoms with E-state index >= 15 is 0 Å². The normalized spacial score (nSPS) is 26.8. The van der Waals surface area contributed by atoms with Crippen molar-refractivity contribution < 1.29 is 24.6 Å². The van der Waals surface area contributed by atoms with Gasteiger partial charge < -0.3 is 15.2 Å². The van der Waals surface area contributed by atoms with Crippen LogP contribution in [0.25, 0.3) is 0 Å². The molecule has 2 rings (SSSR count).